The van der Waals surface area contributed by atoms with Gasteiger partial charge in [0.15, 0.2) is 0 Å². The Morgan fingerprint density at radius 1 is 1.29 bits per heavy atom. The minimum Gasteiger partial charge on any atom is -0.329 e. The van der Waals surface area contributed by atoms with Gasteiger partial charge in [0, 0.05) is 37.9 Å². The van der Waals surface area contributed by atoms with E-state index in [-0.39, 0.29) is 35.5 Å². The average molecular weight is 368 g/mol. The number of benzene rings is 1. The molecule has 128 valence electrons. The number of rotatable bonds is 2. The maximum Gasteiger partial charge on any atom is 0.263 e. The molecule has 5 nitrogen and oxygen atoms in total. The molecule has 0 aliphatic carbocycles. The molecule has 3 rings (SSSR count). The molecule has 1 N–H and O–H groups in total. The second kappa shape index (κ2) is 7.83. The molecule has 24 heavy (non-hydrogen) atoms. The maximum atomic E-state index is 12.9. The molecule has 1 atom stereocenters. The first kappa shape index (κ1) is 18.5. The number of carbonyl (C=O) groups is 1. The molecule has 2 aromatic rings. The van der Waals surface area contributed by atoms with E-state index in [2.05, 4.69) is 5.32 Å². The van der Waals surface area contributed by atoms with Crippen molar-refractivity contribution >= 4 is 29.9 Å². The lowest BCUT2D eigenvalue weighted by atomic mass is 10.0. The number of nitrogens with one attached hydrogen (secondary N) is 1. The van der Waals surface area contributed by atoms with Crippen LogP contribution in [0.25, 0.3) is 0 Å². The number of halogens is 2. The predicted molar refractivity (Wildman–Crippen MR) is 97.0 cm³/mol. The van der Waals surface area contributed by atoms with Gasteiger partial charge in [-0.2, -0.15) is 0 Å². The highest BCUT2D eigenvalue weighted by Gasteiger charge is 2.30. The van der Waals surface area contributed by atoms with Crippen molar-refractivity contribution in [2.24, 2.45) is 7.05 Å². The summed E-state index contributed by atoms with van der Waals surface area (Å²) in [7, 11) is 1.64. The summed E-state index contributed by atoms with van der Waals surface area (Å²) >= 11 is 6.08. The molecule has 2 heterocycles. The summed E-state index contributed by atoms with van der Waals surface area (Å²) in [5.41, 5.74) is 0.885. The van der Waals surface area contributed by atoms with Gasteiger partial charge in [0.2, 0.25) is 0 Å². The first-order chi connectivity index (χ1) is 11.1. The molecule has 1 aliphatic heterocycles. The van der Waals surface area contributed by atoms with Crippen molar-refractivity contribution in [2.75, 3.05) is 19.6 Å². The van der Waals surface area contributed by atoms with Crippen molar-refractivity contribution in [2.45, 2.75) is 6.04 Å². The van der Waals surface area contributed by atoms with Gasteiger partial charge in [0.25, 0.3) is 11.5 Å². The average Bonchev–Trinajstić information content (AvgIpc) is 2.57. The molecule has 1 unspecified atom stereocenters. The molecule has 0 bridgehead atoms. The van der Waals surface area contributed by atoms with Crippen molar-refractivity contribution in [3.63, 3.8) is 0 Å². The highest BCUT2D eigenvalue weighted by molar-refractivity contribution is 6.30. The summed E-state index contributed by atoms with van der Waals surface area (Å²) in [6.07, 6.45) is 1.64. The number of carbonyl (C=O) groups excluding carboxylic acids is 1. The van der Waals surface area contributed by atoms with E-state index in [9.17, 15) is 9.59 Å². The highest BCUT2D eigenvalue weighted by Crippen LogP contribution is 2.25. The maximum absolute atomic E-state index is 12.9. The molecule has 0 saturated carbocycles. The molecule has 0 radical (unpaired) electrons. The zero-order valence-electron chi connectivity index (χ0n) is 13.2. The third-order valence-corrected chi connectivity index (χ3v) is 4.33. The number of hydrogen-bond donors (Lipinski definition) is 1. The number of aromatic nitrogens is 1. The van der Waals surface area contributed by atoms with Crippen LogP contribution in [0.1, 0.15) is 22.0 Å². The summed E-state index contributed by atoms with van der Waals surface area (Å²) in [5.74, 6) is -0.238. The van der Waals surface area contributed by atoms with E-state index in [1.54, 1.807) is 36.3 Å². The molecule has 0 spiro atoms. The number of nitrogens with zero attached hydrogens (tertiary/aromatic N) is 2. The second-order valence-electron chi connectivity index (χ2n) is 5.61. The Kier molecular flexibility index (Phi) is 6.04. The lowest BCUT2D eigenvalue weighted by Crippen LogP contribution is -2.49. The SMILES string of the molecule is Cl.Cn1cccc(C(=O)N2CCNCC2c2cccc(Cl)c2)c1=O. The van der Waals surface area contributed by atoms with E-state index in [0.717, 1.165) is 5.56 Å². The van der Waals surface area contributed by atoms with Crippen molar-refractivity contribution in [3.05, 3.63) is 69.1 Å². The molecule has 1 fully saturated rings. The number of aryl methyl sites for hydroxylation is 1. The van der Waals surface area contributed by atoms with E-state index in [1.807, 2.05) is 18.2 Å². The zero-order valence-corrected chi connectivity index (χ0v) is 14.8. The van der Waals surface area contributed by atoms with Crippen LogP contribution in [0.2, 0.25) is 5.02 Å². The predicted octanol–water partition coefficient (Wildman–Crippen LogP) is 2.25. The number of hydrogen-bond acceptors (Lipinski definition) is 3. The van der Waals surface area contributed by atoms with Crippen LogP contribution in [0.5, 0.6) is 0 Å². The van der Waals surface area contributed by atoms with Gasteiger partial charge in [-0.3, -0.25) is 9.59 Å². The third-order valence-electron chi connectivity index (χ3n) is 4.09. The van der Waals surface area contributed by atoms with Crippen LogP contribution in [0.15, 0.2) is 47.4 Å². The van der Waals surface area contributed by atoms with Gasteiger partial charge in [-0.05, 0) is 29.8 Å². The summed E-state index contributed by atoms with van der Waals surface area (Å²) in [6.45, 7) is 1.89. The normalized spacial score (nSPS) is 17.2. The minimum absolute atomic E-state index is 0. The Morgan fingerprint density at radius 3 is 2.83 bits per heavy atom. The molecule has 1 aromatic heterocycles. The van der Waals surface area contributed by atoms with Gasteiger partial charge in [-0.15, -0.1) is 12.4 Å². The number of piperazine rings is 1. The van der Waals surface area contributed by atoms with Crippen LogP contribution < -0.4 is 10.9 Å². The lowest BCUT2D eigenvalue weighted by molar-refractivity contribution is 0.0632. The van der Waals surface area contributed by atoms with Crippen LogP contribution in [0.3, 0.4) is 0 Å². The molecule has 7 heteroatoms. The van der Waals surface area contributed by atoms with E-state index in [4.69, 9.17) is 11.6 Å². The Labute approximate surface area is 151 Å². The largest absolute Gasteiger partial charge is 0.329 e. The van der Waals surface area contributed by atoms with Gasteiger partial charge in [0.05, 0.1) is 6.04 Å². The Balaban J connectivity index is 0.00000208. The third kappa shape index (κ3) is 3.64. The summed E-state index contributed by atoms with van der Waals surface area (Å²) in [5, 5.41) is 3.93. The van der Waals surface area contributed by atoms with Gasteiger partial charge in [0.1, 0.15) is 5.56 Å². The van der Waals surface area contributed by atoms with Crippen molar-refractivity contribution in [1.29, 1.82) is 0 Å². The highest BCUT2D eigenvalue weighted by atomic mass is 35.5. The van der Waals surface area contributed by atoms with Crippen LogP contribution in [-0.2, 0) is 7.05 Å². The molecular weight excluding hydrogens is 349 g/mol. The lowest BCUT2D eigenvalue weighted by Gasteiger charge is -2.36. The Hall–Kier alpha value is -1.82. The van der Waals surface area contributed by atoms with Gasteiger partial charge < -0.3 is 14.8 Å². The van der Waals surface area contributed by atoms with E-state index < -0.39 is 0 Å². The number of pyridine rings is 1. The Morgan fingerprint density at radius 2 is 2.08 bits per heavy atom. The van der Waals surface area contributed by atoms with E-state index in [0.29, 0.717) is 24.7 Å². The Bertz CT molecular complexity index is 791. The van der Waals surface area contributed by atoms with Crippen molar-refractivity contribution in [3.8, 4) is 0 Å². The van der Waals surface area contributed by atoms with Gasteiger partial charge in [-0.25, -0.2) is 0 Å². The first-order valence-electron chi connectivity index (χ1n) is 7.51. The minimum atomic E-state index is -0.277. The topological polar surface area (TPSA) is 54.3 Å². The van der Waals surface area contributed by atoms with Crippen LogP contribution in [0, 0.1) is 0 Å². The standard InChI is InChI=1S/C17H18ClN3O2.ClH/c1-20-8-3-6-14(16(20)22)17(23)21-9-7-19-11-15(21)12-4-2-5-13(18)10-12;/h2-6,8,10,15,19H,7,9,11H2,1H3;1H. The van der Waals surface area contributed by atoms with Crippen LogP contribution in [0.4, 0.5) is 0 Å². The van der Waals surface area contributed by atoms with Crippen LogP contribution in [-0.4, -0.2) is 35.0 Å². The van der Waals surface area contributed by atoms with Gasteiger partial charge >= 0.3 is 0 Å². The molecule has 1 aliphatic rings. The summed E-state index contributed by atoms with van der Waals surface area (Å²) in [4.78, 5) is 26.9. The van der Waals surface area contributed by atoms with E-state index >= 15 is 0 Å². The summed E-state index contributed by atoms with van der Waals surface area (Å²) in [6, 6.07) is 10.7. The zero-order chi connectivity index (χ0) is 16.4. The monoisotopic (exact) mass is 367 g/mol. The first-order valence-corrected chi connectivity index (χ1v) is 7.88. The molecular formula is C17H19Cl2N3O2. The molecule has 1 aromatic carbocycles. The smallest absolute Gasteiger partial charge is 0.263 e. The van der Waals surface area contributed by atoms with Crippen molar-refractivity contribution < 1.29 is 4.79 Å². The number of amides is 1. The molecule has 1 amide bonds. The van der Waals surface area contributed by atoms with Crippen molar-refractivity contribution in [1.82, 2.24) is 14.8 Å². The second-order valence-corrected chi connectivity index (χ2v) is 6.05. The quantitative estimate of drug-likeness (QED) is 0.885. The fourth-order valence-electron chi connectivity index (χ4n) is 2.87. The van der Waals surface area contributed by atoms with E-state index in [1.165, 1.54) is 4.57 Å². The fraction of sp³-hybridized carbons (Fsp3) is 0.294. The van der Waals surface area contributed by atoms with Gasteiger partial charge in [-0.1, -0.05) is 23.7 Å². The molecule has 1 saturated heterocycles. The fourth-order valence-corrected chi connectivity index (χ4v) is 3.07. The summed E-state index contributed by atoms with van der Waals surface area (Å²) < 4.78 is 1.42. The van der Waals surface area contributed by atoms with Crippen LogP contribution >= 0.6 is 24.0 Å².